The molecule has 0 radical (unpaired) electrons. The molecule has 0 saturated carbocycles. The third-order valence-corrected chi connectivity index (χ3v) is 4.08. The van der Waals surface area contributed by atoms with Gasteiger partial charge in [0.2, 0.25) is 5.88 Å². The molecule has 3 rings (SSSR count). The van der Waals surface area contributed by atoms with Gasteiger partial charge in [0.15, 0.2) is 0 Å². The van der Waals surface area contributed by atoms with E-state index in [2.05, 4.69) is 4.98 Å². The fraction of sp³-hybridized carbons (Fsp3) is 0.214. The second kappa shape index (κ2) is 5.20. The third-order valence-electron chi connectivity index (χ3n) is 3.14. The minimum Gasteiger partial charge on any atom is -0.469 e. The predicted octanol–water partition coefficient (Wildman–Crippen LogP) is 5.11. The van der Waals surface area contributed by atoms with Gasteiger partial charge < -0.3 is 4.74 Å². The molecule has 2 heterocycles. The highest BCUT2D eigenvalue weighted by atomic mass is 35.5. The summed E-state index contributed by atoms with van der Waals surface area (Å²) in [6.07, 6.45) is 3.30. The van der Waals surface area contributed by atoms with Gasteiger partial charge in [-0.3, -0.25) is 0 Å². The van der Waals surface area contributed by atoms with E-state index in [4.69, 9.17) is 39.5 Å². The third kappa shape index (κ3) is 2.66. The van der Waals surface area contributed by atoms with Crippen LogP contribution in [-0.4, -0.2) is 4.98 Å². The maximum absolute atomic E-state index is 6.03. The molecule has 0 spiro atoms. The van der Waals surface area contributed by atoms with E-state index >= 15 is 0 Å². The molecule has 1 aromatic heterocycles. The summed E-state index contributed by atoms with van der Waals surface area (Å²) in [4.78, 5) is 4.22. The van der Waals surface area contributed by atoms with Crippen LogP contribution in [0.5, 0.6) is 5.88 Å². The van der Waals surface area contributed by atoms with Crippen LogP contribution in [-0.2, 0) is 6.42 Å². The summed E-state index contributed by atoms with van der Waals surface area (Å²) in [5.41, 5.74) is 2.06. The van der Waals surface area contributed by atoms with Crippen molar-refractivity contribution < 1.29 is 4.74 Å². The topological polar surface area (TPSA) is 22.1 Å². The Morgan fingerprint density at radius 1 is 1.11 bits per heavy atom. The molecule has 1 aliphatic rings. The fourth-order valence-electron chi connectivity index (χ4n) is 2.18. The first-order chi connectivity index (χ1) is 9.13. The molecule has 0 amide bonds. The van der Waals surface area contributed by atoms with E-state index in [0.29, 0.717) is 20.9 Å². The summed E-state index contributed by atoms with van der Waals surface area (Å²) >= 11 is 17.9. The van der Waals surface area contributed by atoms with E-state index in [1.165, 1.54) is 0 Å². The van der Waals surface area contributed by atoms with Crippen LogP contribution >= 0.6 is 34.8 Å². The van der Waals surface area contributed by atoms with Gasteiger partial charge in [-0.05, 0) is 36.6 Å². The summed E-state index contributed by atoms with van der Waals surface area (Å²) in [5.74, 6) is 0.645. The largest absolute Gasteiger partial charge is 0.469 e. The lowest BCUT2D eigenvalue weighted by Crippen LogP contribution is -2.16. The molecule has 98 valence electrons. The van der Waals surface area contributed by atoms with Crippen LogP contribution in [0.15, 0.2) is 30.5 Å². The zero-order valence-corrected chi connectivity index (χ0v) is 12.1. The highest BCUT2D eigenvalue weighted by Crippen LogP contribution is 2.36. The Labute approximate surface area is 126 Å². The second-order valence-corrected chi connectivity index (χ2v) is 5.69. The number of benzene rings is 1. The summed E-state index contributed by atoms with van der Waals surface area (Å²) in [7, 11) is 0. The number of pyridine rings is 1. The van der Waals surface area contributed by atoms with E-state index in [-0.39, 0.29) is 6.10 Å². The van der Waals surface area contributed by atoms with Crippen LogP contribution in [0.4, 0.5) is 0 Å². The van der Waals surface area contributed by atoms with Crippen molar-refractivity contribution >= 4 is 34.8 Å². The van der Waals surface area contributed by atoms with E-state index < -0.39 is 0 Å². The number of aromatic nitrogens is 1. The number of hydrogen-bond donors (Lipinski definition) is 0. The maximum atomic E-state index is 6.03. The summed E-state index contributed by atoms with van der Waals surface area (Å²) < 4.78 is 5.90. The molecule has 0 saturated heterocycles. The average molecular weight is 315 g/mol. The Bertz CT molecular complexity index is 630. The quantitative estimate of drug-likeness (QED) is 0.730. The van der Waals surface area contributed by atoms with Crippen molar-refractivity contribution in [3.63, 3.8) is 0 Å². The molecule has 5 heteroatoms. The molecular formula is C14H10Cl3NO. The van der Waals surface area contributed by atoms with Crippen molar-refractivity contribution in [1.29, 1.82) is 0 Å². The highest BCUT2D eigenvalue weighted by Gasteiger charge is 2.23. The molecule has 1 atom stereocenters. The van der Waals surface area contributed by atoms with Gasteiger partial charge in [0, 0.05) is 11.8 Å². The van der Waals surface area contributed by atoms with Crippen molar-refractivity contribution in [1.82, 2.24) is 4.98 Å². The van der Waals surface area contributed by atoms with E-state index in [9.17, 15) is 0 Å². The SMILES string of the molecule is Clc1cnc2c(c1)CC[C@H](c1ccc(Cl)c(Cl)c1)O2. The smallest absolute Gasteiger partial charge is 0.217 e. The number of fused-ring (bicyclic) bond motifs is 1. The number of halogens is 3. The number of nitrogens with zero attached hydrogens (tertiary/aromatic N) is 1. The molecule has 0 aliphatic carbocycles. The highest BCUT2D eigenvalue weighted by molar-refractivity contribution is 6.42. The van der Waals surface area contributed by atoms with Gasteiger partial charge in [-0.2, -0.15) is 0 Å². The van der Waals surface area contributed by atoms with E-state index in [0.717, 1.165) is 24.0 Å². The molecule has 1 aromatic carbocycles. The first-order valence-corrected chi connectivity index (χ1v) is 7.03. The molecule has 0 fully saturated rings. The van der Waals surface area contributed by atoms with E-state index in [1.807, 2.05) is 18.2 Å². The van der Waals surface area contributed by atoms with Crippen LogP contribution < -0.4 is 4.74 Å². The van der Waals surface area contributed by atoms with Gasteiger partial charge in [0.25, 0.3) is 0 Å². The summed E-state index contributed by atoms with van der Waals surface area (Å²) in [6.45, 7) is 0. The van der Waals surface area contributed by atoms with Gasteiger partial charge in [-0.1, -0.05) is 40.9 Å². The maximum Gasteiger partial charge on any atom is 0.217 e. The van der Waals surface area contributed by atoms with Gasteiger partial charge >= 0.3 is 0 Å². The van der Waals surface area contributed by atoms with Crippen LogP contribution in [0, 0.1) is 0 Å². The molecule has 1 aliphatic heterocycles. The lowest BCUT2D eigenvalue weighted by molar-refractivity contribution is 0.168. The second-order valence-electron chi connectivity index (χ2n) is 4.44. The lowest BCUT2D eigenvalue weighted by Gasteiger charge is -2.25. The fourth-order valence-corrected chi connectivity index (χ4v) is 2.67. The Balaban J connectivity index is 1.89. The minimum absolute atomic E-state index is 0.0454. The van der Waals surface area contributed by atoms with E-state index in [1.54, 1.807) is 12.3 Å². The number of rotatable bonds is 1. The molecule has 0 unspecified atom stereocenters. The Morgan fingerprint density at radius 2 is 1.95 bits per heavy atom. The van der Waals surface area contributed by atoms with Crippen LogP contribution in [0.1, 0.15) is 23.7 Å². The van der Waals surface area contributed by atoms with Crippen LogP contribution in [0.2, 0.25) is 15.1 Å². The van der Waals surface area contributed by atoms with Crippen molar-refractivity contribution in [2.24, 2.45) is 0 Å². The minimum atomic E-state index is -0.0454. The lowest BCUT2D eigenvalue weighted by atomic mass is 9.99. The Morgan fingerprint density at radius 3 is 2.74 bits per heavy atom. The Hall–Kier alpha value is -0.960. The van der Waals surface area contributed by atoms with Crippen molar-refractivity contribution in [3.8, 4) is 5.88 Å². The average Bonchev–Trinajstić information content (AvgIpc) is 2.41. The summed E-state index contributed by atoms with van der Waals surface area (Å²) in [6, 6.07) is 7.46. The molecule has 2 aromatic rings. The summed E-state index contributed by atoms with van der Waals surface area (Å²) in [5, 5.41) is 1.72. The molecule has 2 nitrogen and oxygen atoms in total. The van der Waals surface area contributed by atoms with Crippen LogP contribution in [0.3, 0.4) is 0 Å². The van der Waals surface area contributed by atoms with Crippen molar-refractivity contribution in [2.45, 2.75) is 18.9 Å². The van der Waals surface area contributed by atoms with Gasteiger partial charge in [-0.25, -0.2) is 4.98 Å². The van der Waals surface area contributed by atoms with Crippen LogP contribution in [0.25, 0.3) is 0 Å². The van der Waals surface area contributed by atoms with Gasteiger partial charge in [0.1, 0.15) is 6.10 Å². The zero-order valence-electron chi connectivity index (χ0n) is 9.87. The molecule has 0 N–H and O–H groups in total. The predicted molar refractivity (Wildman–Crippen MR) is 77.4 cm³/mol. The first kappa shape index (κ1) is 13.0. The number of ether oxygens (including phenoxy) is 1. The zero-order chi connectivity index (χ0) is 13.4. The number of hydrogen-bond acceptors (Lipinski definition) is 2. The Kier molecular flexibility index (Phi) is 3.57. The number of aryl methyl sites for hydroxylation is 1. The molecule has 19 heavy (non-hydrogen) atoms. The first-order valence-electron chi connectivity index (χ1n) is 5.89. The molecule has 0 bridgehead atoms. The standard InChI is InChI=1S/C14H10Cl3NO/c15-10-5-9-2-4-13(19-14(9)18-7-10)8-1-3-11(16)12(17)6-8/h1,3,5-7,13H,2,4H2/t13-/m1/s1. The van der Waals surface area contributed by atoms with Gasteiger partial charge in [-0.15, -0.1) is 0 Å². The van der Waals surface area contributed by atoms with Gasteiger partial charge in [0.05, 0.1) is 15.1 Å². The van der Waals surface area contributed by atoms with Crippen molar-refractivity contribution in [2.75, 3.05) is 0 Å². The molecular weight excluding hydrogens is 305 g/mol. The monoisotopic (exact) mass is 313 g/mol. The van der Waals surface area contributed by atoms with Crippen molar-refractivity contribution in [3.05, 3.63) is 56.7 Å². The normalized spacial score (nSPS) is 17.7.